The summed E-state index contributed by atoms with van der Waals surface area (Å²) in [5, 5.41) is 9.65. The molecular formula is C26H23NO5. The molecule has 3 aromatic rings. The largest absolute Gasteiger partial charge is 0.502 e. The van der Waals surface area contributed by atoms with Gasteiger partial charge in [-0.05, 0) is 30.7 Å². The number of hydrogen-bond acceptors (Lipinski definition) is 5. The minimum atomic E-state index is -0.961. The van der Waals surface area contributed by atoms with Crippen molar-refractivity contribution >= 4 is 23.6 Å². The number of allylic oxidation sites excluding steroid dienone is 2. The van der Waals surface area contributed by atoms with Gasteiger partial charge in [-0.3, -0.25) is 9.59 Å². The number of aromatic nitrogens is 1. The smallest absolute Gasteiger partial charge is 0.373 e. The van der Waals surface area contributed by atoms with Crippen LogP contribution < -0.4 is 0 Å². The minimum absolute atomic E-state index is 0.0893. The molecule has 2 aromatic carbocycles. The first-order valence-electron chi connectivity index (χ1n) is 10.1. The van der Waals surface area contributed by atoms with E-state index in [1.807, 2.05) is 41.0 Å². The Labute approximate surface area is 186 Å². The summed E-state index contributed by atoms with van der Waals surface area (Å²) in [4.78, 5) is 36.5. The number of nitrogens with zero attached hydrogens (tertiary/aromatic N) is 1. The molecule has 0 atom stereocenters. The second-order valence-electron chi connectivity index (χ2n) is 6.95. The zero-order chi connectivity index (χ0) is 22.9. The van der Waals surface area contributed by atoms with Crippen molar-refractivity contribution in [2.24, 2.45) is 0 Å². The van der Waals surface area contributed by atoms with Gasteiger partial charge in [-0.15, -0.1) is 0 Å². The van der Waals surface area contributed by atoms with Crippen molar-refractivity contribution in [2.75, 3.05) is 6.61 Å². The van der Waals surface area contributed by atoms with Crippen molar-refractivity contribution in [3.8, 4) is 0 Å². The van der Waals surface area contributed by atoms with Crippen molar-refractivity contribution < 1.29 is 24.2 Å². The van der Waals surface area contributed by atoms with Gasteiger partial charge in [0.05, 0.1) is 6.61 Å². The summed E-state index contributed by atoms with van der Waals surface area (Å²) >= 11 is 0. The molecule has 1 aromatic heterocycles. The molecule has 3 rings (SSSR count). The monoisotopic (exact) mass is 429 g/mol. The molecule has 0 bridgehead atoms. The van der Waals surface area contributed by atoms with Gasteiger partial charge >= 0.3 is 5.97 Å². The van der Waals surface area contributed by atoms with Gasteiger partial charge in [0.15, 0.2) is 11.6 Å². The zero-order valence-corrected chi connectivity index (χ0v) is 17.6. The van der Waals surface area contributed by atoms with Crippen molar-refractivity contribution in [2.45, 2.75) is 13.5 Å². The molecule has 0 spiro atoms. The number of esters is 1. The summed E-state index contributed by atoms with van der Waals surface area (Å²) in [6, 6.07) is 20.4. The third-order valence-corrected chi connectivity index (χ3v) is 4.61. The van der Waals surface area contributed by atoms with E-state index in [0.717, 1.165) is 11.6 Å². The Morgan fingerprint density at radius 3 is 2.28 bits per heavy atom. The minimum Gasteiger partial charge on any atom is -0.502 e. The number of ketones is 2. The second-order valence-corrected chi connectivity index (χ2v) is 6.95. The van der Waals surface area contributed by atoms with Crippen LogP contribution in [-0.4, -0.2) is 33.8 Å². The Bertz CT molecular complexity index is 1160. The number of benzene rings is 2. The van der Waals surface area contributed by atoms with Crippen LogP contribution in [0.25, 0.3) is 6.08 Å². The van der Waals surface area contributed by atoms with Crippen LogP contribution in [0.4, 0.5) is 0 Å². The summed E-state index contributed by atoms with van der Waals surface area (Å²) in [6.07, 6.45) is 5.32. The topological polar surface area (TPSA) is 85.6 Å². The molecule has 0 saturated carbocycles. The van der Waals surface area contributed by atoms with E-state index in [-0.39, 0.29) is 12.4 Å². The van der Waals surface area contributed by atoms with Crippen LogP contribution in [0.2, 0.25) is 0 Å². The highest BCUT2D eigenvalue weighted by molar-refractivity contribution is 6.09. The standard InChI is InChI=1S/C26H23NO5/c1-2-32-26(31)24(29)16-23(28)14-13-22-15-21(25(30)20-11-7-4-8-12-20)18-27(22)17-19-9-5-3-6-10-19/h3-16,18,29H,2,17H2,1H3/b14-13+,24-16-. The number of hydrogen-bond donors (Lipinski definition) is 1. The molecule has 0 fully saturated rings. The fourth-order valence-electron chi connectivity index (χ4n) is 3.08. The fourth-order valence-corrected chi connectivity index (χ4v) is 3.08. The first-order chi connectivity index (χ1) is 15.5. The molecule has 32 heavy (non-hydrogen) atoms. The molecule has 0 aliphatic heterocycles. The quantitative estimate of drug-likeness (QED) is 0.236. The SMILES string of the molecule is CCOC(=O)/C(O)=C/C(=O)/C=C/c1cc(C(=O)c2ccccc2)cn1Cc1ccccc1. The van der Waals surface area contributed by atoms with E-state index in [1.165, 1.54) is 6.08 Å². The van der Waals surface area contributed by atoms with Crippen LogP contribution in [0.3, 0.4) is 0 Å². The van der Waals surface area contributed by atoms with Crippen molar-refractivity contribution in [3.05, 3.63) is 113 Å². The Hall–Kier alpha value is -4.19. The van der Waals surface area contributed by atoms with Gasteiger partial charge in [-0.1, -0.05) is 60.7 Å². The third-order valence-electron chi connectivity index (χ3n) is 4.61. The second kappa shape index (κ2) is 10.7. The number of aliphatic hydroxyl groups is 1. The van der Waals surface area contributed by atoms with Gasteiger partial charge in [0, 0.05) is 35.6 Å². The molecule has 0 amide bonds. The van der Waals surface area contributed by atoms with E-state index in [0.29, 0.717) is 23.4 Å². The first kappa shape index (κ1) is 22.5. The van der Waals surface area contributed by atoms with Crippen LogP contribution >= 0.6 is 0 Å². The highest BCUT2D eigenvalue weighted by Gasteiger charge is 2.14. The van der Waals surface area contributed by atoms with Crippen molar-refractivity contribution in [1.82, 2.24) is 4.57 Å². The summed E-state index contributed by atoms with van der Waals surface area (Å²) < 4.78 is 6.51. The Balaban J connectivity index is 1.89. The van der Waals surface area contributed by atoms with Gasteiger partial charge in [-0.25, -0.2) is 4.79 Å². The van der Waals surface area contributed by atoms with Gasteiger partial charge in [-0.2, -0.15) is 0 Å². The maximum Gasteiger partial charge on any atom is 0.373 e. The predicted molar refractivity (Wildman–Crippen MR) is 121 cm³/mol. The number of carbonyl (C=O) groups is 3. The average Bonchev–Trinajstić information content (AvgIpc) is 3.21. The fraction of sp³-hybridized carbons (Fsp3) is 0.115. The Morgan fingerprint density at radius 2 is 1.62 bits per heavy atom. The van der Waals surface area contributed by atoms with Crippen LogP contribution in [0.15, 0.2) is 90.8 Å². The summed E-state index contributed by atoms with van der Waals surface area (Å²) in [7, 11) is 0. The lowest BCUT2D eigenvalue weighted by atomic mass is 10.1. The molecule has 1 heterocycles. The molecule has 0 unspecified atom stereocenters. The first-order valence-corrected chi connectivity index (χ1v) is 10.1. The van der Waals surface area contributed by atoms with E-state index in [2.05, 4.69) is 4.74 Å². The molecule has 6 nitrogen and oxygen atoms in total. The van der Waals surface area contributed by atoms with Crippen molar-refractivity contribution in [1.29, 1.82) is 0 Å². The molecular weight excluding hydrogens is 406 g/mol. The molecule has 0 radical (unpaired) electrons. The molecule has 6 heteroatoms. The lowest BCUT2D eigenvalue weighted by Gasteiger charge is -2.06. The molecule has 0 aliphatic carbocycles. The van der Waals surface area contributed by atoms with E-state index in [4.69, 9.17) is 0 Å². The molecule has 1 N–H and O–H groups in total. The molecule has 0 aliphatic rings. The normalized spacial score (nSPS) is 11.5. The third kappa shape index (κ3) is 5.92. The van der Waals surface area contributed by atoms with Crippen molar-refractivity contribution in [3.63, 3.8) is 0 Å². The van der Waals surface area contributed by atoms with Crippen LogP contribution in [-0.2, 0) is 20.9 Å². The van der Waals surface area contributed by atoms with Crippen LogP contribution in [0, 0.1) is 0 Å². The van der Waals surface area contributed by atoms with E-state index in [9.17, 15) is 19.5 Å². The number of rotatable bonds is 9. The van der Waals surface area contributed by atoms with Gasteiger partial charge in [0.1, 0.15) is 0 Å². The lowest BCUT2D eigenvalue weighted by Crippen LogP contribution is -2.08. The van der Waals surface area contributed by atoms with Gasteiger partial charge < -0.3 is 14.4 Å². The maximum atomic E-state index is 12.9. The Kier molecular flexibility index (Phi) is 7.54. The van der Waals surface area contributed by atoms with E-state index >= 15 is 0 Å². The average molecular weight is 429 g/mol. The highest BCUT2D eigenvalue weighted by Crippen LogP contribution is 2.17. The summed E-state index contributed by atoms with van der Waals surface area (Å²) in [5.74, 6) is -2.43. The van der Waals surface area contributed by atoms with Gasteiger partial charge in [0.2, 0.25) is 5.76 Å². The number of ether oxygens (including phenoxy) is 1. The van der Waals surface area contributed by atoms with Crippen LogP contribution in [0.5, 0.6) is 0 Å². The molecule has 162 valence electrons. The summed E-state index contributed by atoms with van der Waals surface area (Å²) in [6.45, 7) is 2.19. The van der Waals surface area contributed by atoms with E-state index < -0.39 is 17.5 Å². The van der Waals surface area contributed by atoms with Gasteiger partial charge in [0.25, 0.3) is 0 Å². The summed E-state index contributed by atoms with van der Waals surface area (Å²) in [5.41, 5.74) is 2.72. The van der Waals surface area contributed by atoms with Crippen LogP contribution in [0.1, 0.15) is 34.1 Å². The lowest BCUT2D eigenvalue weighted by molar-refractivity contribution is -0.141. The number of aliphatic hydroxyl groups excluding tert-OH is 1. The highest BCUT2D eigenvalue weighted by atomic mass is 16.5. The zero-order valence-electron chi connectivity index (χ0n) is 17.6. The Morgan fingerprint density at radius 1 is 0.969 bits per heavy atom. The predicted octanol–water partition coefficient (Wildman–Crippen LogP) is 4.35. The maximum absolute atomic E-state index is 12.9. The van der Waals surface area contributed by atoms with E-state index in [1.54, 1.807) is 49.5 Å². The molecule has 0 saturated heterocycles. The number of carbonyl (C=O) groups excluding carboxylic acids is 3.